The van der Waals surface area contributed by atoms with Crippen molar-refractivity contribution in [2.75, 3.05) is 4.90 Å². The quantitative estimate of drug-likeness (QED) is 0.169. The molecule has 0 bridgehead atoms. The largest absolute Gasteiger partial charge is 0.309 e. The standard InChI is InChI=1S/C59H38N2/c1-4-19-39(20-5-1)40-35-36-48-54(37-40)61(43-24-8-3-9-25-43)58-44-26-11-10-21-41(44)38-55(57(48)58)60(42-22-6-2-7-23-42)53-34-18-33-52-56(53)47-29-14-17-32-51(47)59(52)49-30-15-12-27-45(49)46-28-13-16-31-50(46)59/h1-38H. The Hall–Kier alpha value is -7.94. The van der Waals surface area contributed by atoms with Crippen LogP contribution in [-0.4, -0.2) is 4.57 Å². The van der Waals surface area contributed by atoms with Gasteiger partial charge in [-0.25, -0.2) is 0 Å². The molecular weight excluding hydrogens is 737 g/mol. The van der Waals surface area contributed by atoms with Crippen LogP contribution in [0, 0.1) is 0 Å². The molecule has 13 rings (SSSR count). The van der Waals surface area contributed by atoms with Gasteiger partial charge in [0.1, 0.15) is 0 Å². The fraction of sp³-hybridized carbons (Fsp3) is 0.0169. The molecule has 284 valence electrons. The Morgan fingerprint density at radius 1 is 0.377 bits per heavy atom. The number of aromatic nitrogens is 1. The zero-order chi connectivity index (χ0) is 40.1. The number of anilines is 3. The van der Waals surface area contributed by atoms with E-state index in [-0.39, 0.29) is 0 Å². The average Bonchev–Trinajstić information content (AvgIpc) is 3.95. The molecule has 11 aromatic rings. The summed E-state index contributed by atoms with van der Waals surface area (Å²) in [5, 5.41) is 4.84. The van der Waals surface area contributed by atoms with E-state index in [9.17, 15) is 0 Å². The Bertz CT molecular complexity index is 3480. The highest BCUT2D eigenvalue weighted by atomic mass is 15.2. The topological polar surface area (TPSA) is 8.17 Å². The second-order valence-electron chi connectivity index (χ2n) is 16.4. The van der Waals surface area contributed by atoms with Gasteiger partial charge in [-0.15, -0.1) is 0 Å². The van der Waals surface area contributed by atoms with Gasteiger partial charge < -0.3 is 9.47 Å². The van der Waals surface area contributed by atoms with Crippen LogP contribution < -0.4 is 4.90 Å². The first kappa shape index (κ1) is 34.0. The third-order valence-corrected chi connectivity index (χ3v) is 13.3. The summed E-state index contributed by atoms with van der Waals surface area (Å²) in [4.78, 5) is 2.55. The van der Waals surface area contributed by atoms with Gasteiger partial charge in [0.25, 0.3) is 0 Å². The molecule has 2 nitrogen and oxygen atoms in total. The Kier molecular flexibility index (Phi) is 7.26. The molecule has 1 aromatic heterocycles. The molecule has 0 saturated carbocycles. The third kappa shape index (κ3) is 4.67. The van der Waals surface area contributed by atoms with Crippen LogP contribution >= 0.6 is 0 Å². The number of nitrogens with zero attached hydrogens (tertiary/aromatic N) is 2. The molecule has 1 heterocycles. The molecular formula is C59H38N2. The van der Waals surface area contributed by atoms with Crippen molar-refractivity contribution in [2.45, 2.75) is 5.41 Å². The van der Waals surface area contributed by atoms with Crippen LogP contribution in [0.1, 0.15) is 22.3 Å². The van der Waals surface area contributed by atoms with Crippen LogP contribution in [0.25, 0.3) is 71.6 Å². The van der Waals surface area contributed by atoms with Gasteiger partial charge in [-0.05, 0) is 97.9 Å². The number of fused-ring (bicyclic) bond motifs is 15. The first-order valence-corrected chi connectivity index (χ1v) is 21.2. The number of hydrogen-bond acceptors (Lipinski definition) is 1. The summed E-state index contributed by atoms with van der Waals surface area (Å²) in [7, 11) is 0. The van der Waals surface area contributed by atoms with Crippen LogP contribution in [0.15, 0.2) is 231 Å². The monoisotopic (exact) mass is 774 g/mol. The van der Waals surface area contributed by atoms with E-state index >= 15 is 0 Å². The Labute approximate surface area is 354 Å². The van der Waals surface area contributed by atoms with Gasteiger partial charge >= 0.3 is 0 Å². The zero-order valence-corrected chi connectivity index (χ0v) is 33.3. The third-order valence-electron chi connectivity index (χ3n) is 13.3. The Morgan fingerprint density at radius 3 is 1.67 bits per heavy atom. The lowest BCUT2D eigenvalue weighted by molar-refractivity contribution is 0.794. The van der Waals surface area contributed by atoms with Crippen LogP contribution in [0.5, 0.6) is 0 Å². The molecule has 2 aliphatic carbocycles. The lowest BCUT2D eigenvalue weighted by Gasteiger charge is -2.32. The van der Waals surface area contributed by atoms with Crippen molar-refractivity contribution in [3.8, 4) is 39.1 Å². The van der Waals surface area contributed by atoms with Gasteiger partial charge in [-0.2, -0.15) is 0 Å². The van der Waals surface area contributed by atoms with Crippen LogP contribution in [0.3, 0.4) is 0 Å². The summed E-state index contributed by atoms with van der Waals surface area (Å²) < 4.78 is 2.50. The van der Waals surface area contributed by atoms with E-state index in [0.29, 0.717) is 0 Å². The first-order chi connectivity index (χ1) is 30.3. The molecule has 2 heteroatoms. The molecule has 61 heavy (non-hydrogen) atoms. The predicted molar refractivity (Wildman–Crippen MR) is 255 cm³/mol. The highest BCUT2D eigenvalue weighted by Gasteiger charge is 2.52. The summed E-state index contributed by atoms with van der Waals surface area (Å²) >= 11 is 0. The smallest absolute Gasteiger partial charge is 0.0726 e. The minimum Gasteiger partial charge on any atom is -0.309 e. The van der Waals surface area contributed by atoms with Gasteiger partial charge in [0, 0.05) is 33.1 Å². The molecule has 0 N–H and O–H groups in total. The highest BCUT2D eigenvalue weighted by molar-refractivity contribution is 6.25. The van der Waals surface area contributed by atoms with Gasteiger partial charge in [0.15, 0.2) is 0 Å². The molecule has 0 unspecified atom stereocenters. The van der Waals surface area contributed by atoms with Gasteiger partial charge in [0.05, 0.1) is 27.8 Å². The molecule has 0 saturated heterocycles. The van der Waals surface area contributed by atoms with Crippen molar-refractivity contribution in [3.05, 3.63) is 253 Å². The van der Waals surface area contributed by atoms with E-state index in [1.54, 1.807) is 0 Å². The highest BCUT2D eigenvalue weighted by Crippen LogP contribution is 2.65. The normalized spacial score (nSPS) is 13.0. The second kappa shape index (κ2) is 13.0. The minimum absolute atomic E-state index is 0.451. The maximum atomic E-state index is 2.55. The van der Waals surface area contributed by atoms with Crippen molar-refractivity contribution in [2.24, 2.45) is 0 Å². The van der Waals surface area contributed by atoms with Crippen molar-refractivity contribution < 1.29 is 0 Å². The minimum atomic E-state index is -0.451. The van der Waals surface area contributed by atoms with Crippen molar-refractivity contribution >= 4 is 49.6 Å². The second-order valence-corrected chi connectivity index (χ2v) is 16.4. The molecule has 10 aromatic carbocycles. The van der Waals surface area contributed by atoms with Gasteiger partial charge in [0.2, 0.25) is 0 Å². The molecule has 0 fully saturated rings. The number of benzene rings is 10. The van der Waals surface area contributed by atoms with Crippen molar-refractivity contribution in [3.63, 3.8) is 0 Å². The first-order valence-electron chi connectivity index (χ1n) is 21.2. The fourth-order valence-electron chi connectivity index (χ4n) is 11.0. The number of rotatable bonds is 5. The van der Waals surface area contributed by atoms with E-state index in [1.165, 1.54) is 88.2 Å². The van der Waals surface area contributed by atoms with Crippen LogP contribution in [-0.2, 0) is 5.41 Å². The lowest BCUT2D eigenvalue weighted by Crippen LogP contribution is -2.26. The number of para-hydroxylation sites is 2. The summed E-state index contributed by atoms with van der Waals surface area (Å²) in [5.74, 6) is 0. The van der Waals surface area contributed by atoms with Crippen LogP contribution in [0.4, 0.5) is 17.1 Å². The van der Waals surface area contributed by atoms with Crippen molar-refractivity contribution in [1.82, 2.24) is 4.57 Å². The summed E-state index contributed by atoms with van der Waals surface area (Å²) in [6.45, 7) is 0. The maximum absolute atomic E-state index is 2.55. The molecule has 0 radical (unpaired) electrons. The molecule has 1 spiro atoms. The SMILES string of the molecule is c1ccc(-c2ccc3c4c(N(c5ccccc5)c5cccc6c5-c5ccccc5C65c6ccccc6-c6ccccc65)cc5ccccc5c4n(-c4ccccc4)c3c2)cc1. The van der Waals surface area contributed by atoms with Gasteiger partial charge in [-0.3, -0.25) is 0 Å². The maximum Gasteiger partial charge on any atom is 0.0726 e. The van der Waals surface area contributed by atoms with E-state index in [4.69, 9.17) is 0 Å². The Morgan fingerprint density at radius 2 is 0.951 bits per heavy atom. The average molecular weight is 775 g/mol. The predicted octanol–water partition coefficient (Wildman–Crippen LogP) is 15.4. The summed E-state index contributed by atoms with van der Waals surface area (Å²) in [6.07, 6.45) is 0. The van der Waals surface area contributed by atoms with E-state index in [0.717, 1.165) is 22.7 Å². The van der Waals surface area contributed by atoms with E-state index in [2.05, 4.69) is 240 Å². The van der Waals surface area contributed by atoms with Crippen molar-refractivity contribution in [1.29, 1.82) is 0 Å². The van der Waals surface area contributed by atoms with Gasteiger partial charge in [-0.1, -0.05) is 188 Å². The summed E-state index contributed by atoms with van der Waals surface area (Å²) in [5.41, 5.74) is 19.4. The zero-order valence-electron chi connectivity index (χ0n) is 33.3. The molecule has 0 atom stereocenters. The molecule has 0 amide bonds. The Balaban J connectivity index is 1.18. The number of hydrogen-bond donors (Lipinski definition) is 0. The van der Waals surface area contributed by atoms with E-state index < -0.39 is 5.41 Å². The fourth-order valence-corrected chi connectivity index (χ4v) is 11.0. The van der Waals surface area contributed by atoms with E-state index in [1.807, 2.05) is 0 Å². The molecule has 0 aliphatic heterocycles. The lowest BCUT2D eigenvalue weighted by atomic mass is 9.70. The molecule has 2 aliphatic rings. The van der Waals surface area contributed by atoms with Crippen LogP contribution in [0.2, 0.25) is 0 Å². The summed E-state index contributed by atoms with van der Waals surface area (Å²) in [6, 6.07) is 85.3.